The molecule has 0 aliphatic carbocycles. The summed E-state index contributed by atoms with van der Waals surface area (Å²) >= 11 is 3.00. The molecule has 1 aromatic rings. The Morgan fingerprint density at radius 3 is 2.44 bits per heavy atom. The highest BCUT2D eigenvalue weighted by atomic mass is 79.9. The summed E-state index contributed by atoms with van der Waals surface area (Å²) in [6.45, 7) is 0.854. The van der Waals surface area contributed by atoms with Gasteiger partial charge in [0.15, 0.2) is 6.10 Å². The summed E-state index contributed by atoms with van der Waals surface area (Å²) in [6.07, 6.45) is -6.52. The lowest BCUT2D eigenvalue weighted by molar-refractivity contribution is -0.189. The molecule has 0 saturated heterocycles. The van der Waals surface area contributed by atoms with Crippen LogP contribution in [0.2, 0.25) is 0 Å². The van der Waals surface area contributed by atoms with E-state index in [1.54, 1.807) is 0 Å². The van der Waals surface area contributed by atoms with Gasteiger partial charge in [0.2, 0.25) is 0 Å². The predicted octanol–water partition coefficient (Wildman–Crippen LogP) is 2.46. The smallest absolute Gasteiger partial charge is 0.425 e. The van der Waals surface area contributed by atoms with Crippen LogP contribution in [0.3, 0.4) is 0 Å². The molecule has 1 rings (SSSR count). The van der Waals surface area contributed by atoms with Gasteiger partial charge in [0, 0.05) is 5.69 Å². The molecule has 8 heteroatoms. The van der Waals surface area contributed by atoms with Crippen molar-refractivity contribution < 1.29 is 22.7 Å². The Labute approximate surface area is 109 Å². The number of nitrogen functional groups attached to an aromatic ring is 1. The van der Waals surface area contributed by atoms with Crippen molar-refractivity contribution in [2.24, 2.45) is 5.73 Å². The second kappa shape index (κ2) is 5.05. The number of amides is 1. The third-order valence-corrected chi connectivity index (χ3v) is 2.75. The standard InChI is InChI=1S/C10H10BrF3N2O2/c1-4(10(12,13)14)18-8-2-5(9(16)17)7(15)3-6(8)11/h2-4H,15H2,1H3,(H2,16,17). The highest BCUT2D eigenvalue weighted by Crippen LogP contribution is 2.33. The molecule has 0 heterocycles. The van der Waals surface area contributed by atoms with Gasteiger partial charge in [0.1, 0.15) is 5.75 Å². The van der Waals surface area contributed by atoms with Gasteiger partial charge in [-0.05, 0) is 35.0 Å². The van der Waals surface area contributed by atoms with Crippen molar-refractivity contribution in [1.29, 1.82) is 0 Å². The summed E-state index contributed by atoms with van der Waals surface area (Å²) < 4.78 is 42.0. The van der Waals surface area contributed by atoms with Gasteiger partial charge in [0.25, 0.3) is 5.91 Å². The number of alkyl halides is 3. The molecule has 0 radical (unpaired) electrons. The molecular formula is C10H10BrF3N2O2. The third-order valence-electron chi connectivity index (χ3n) is 2.13. The Bertz CT molecular complexity index is 477. The van der Waals surface area contributed by atoms with Gasteiger partial charge in [0.05, 0.1) is 10.0 Å². The maximum absolute atomic E-state index is 12.3. The van der Waals surface area contributed by atoms with Crippen molar-refractivity contribution in [3.63, 3.8) is 0 Å². The van der Waals surface area contributed by atoms with Crippen molar-refractivity contribution in [2.45, 2.75) is 19.2 Å². The number of anilines is 1. The molecule has 1 atom stereocenters. The molecule has 0 aromatic heterocycles. The first-order valence-corrected chi connectivity index (χ1v) is 5.54. The van der Waals surface area contributed by atoms with Crippen LogP contribution in [0.15, 0.2) is 16.6 Å². The van der Waals surface area contributed by atoms with Crippen LogP contribution in [0.1, 0.15) is 17.3 Å². The summed E-state index contributed by atoms with van der Waals surface area (Å²) in [5, 5.41) is 0. The van der Waals surface area contributed by atoms with E-state index < -0.39 is 18.2 Å². The summed E-state index contributed by atoms with van der Waals surface area (Å²) in [7, 11) is 0. The Kier molecular flexibility index (Phi) is 4.10. The highest BCUT2D eigenvalue weighted by molar-refractivity contribution is 9.10. The highest BCUT2D eigenvalue weighted by Gasteiger charge is 2.38. The van der Waals surface area contributed by atoms with Crippen LogP contribution in [0.5, 0.6) is 5.75 Å². The molecule has 1 aromatic carbocycles. The minimum atomic E-state index is -4.51. The van der Waals surface area contributed by atoms with Crippen LogP contribution in [-0.4, -0.2) is 18.2 Å². The molecule has 0 bridgehead atoms. The van der Waals surface area contributed by atoms with Crippen LogP contribution in [0.25, 0.3) is 0 Å². The first-order chi connectivity index (χ1) is 8.12. The number of halogens is 4. The van der Waals surface area contributed by atoms with E-state index in [2.05, 4.69) is 15.9 Å². The zero-order valence-corrected chi connectivity index (χ0v) is 10.8. The largest absolute Gasteiger partial charge is 0.480 e. The maximum atomic E-state index is 12.3. The van der Waals surface area contributed by atoms with Crippen molar-refractivity contribution in [3.05, 3.63) is 22.2 Å². The fourth-order valence-corrected chi connectivity index (χ4v) is 1.58. The zero-order chi connectivity index (χ0) is 14.1. The molecule has 18 heavy (non-hydrogen) atoms. The Morgan fingerprint density at radius 1 is 1.44 bits per heavy atom. The van der Waals surface area contributed by atoms with E-state index in [0.717, 1.165) is 13.0 Å². The molecule has 100 valence electrons. The van der Waals surface area contributed by atoms with Crippen molar-refractivity contribution in [2.75, 3.05) is 5.73 Å². The molecule has 0 spiro atoms. The van der Waals surface area contributed by atoms with Crippen LogP contribution in [0, 0.1) is 0 Å². The SMILES string of the molecule is CC(Oc1cc(C(N)=O)c(N)cc1Br)C(F)(F)F. The quantitative estimate of drug-likeness (QED) is 0.837. The lowest BCUT2D eigenvalue weighted by Crippen LogP contribution is -2.31. The van der Waals surface area contributed by atoms with E-state index in [-0.39, 0.29) is 21.5 Å². The van der Waals surface area contributed by atoms with Gasteiger partial charge in [-0.1, -0.05) is 0 Å². The first kappa shape index (κ1) is 14.6. The van der Waals surface area contributed by atoms with Crippen molar-refractivity contribution in [1.82, 2.24) is 0 Å². The second-order valence-electron chi connectivity index (χ2n) is 3.54. The molecule has 0 aliphatic heterocycles. The molecule has 4 N–H and O–H groups in total. The predicted molar refractivity (Wildman–Crippen MR) is 63.2 cm³/mol. The van der Waals surface area contributed by atoms with Crippen LogP contribution < -0.4 is 16.2 Å². The number of carbonyl (C=O) groups excluding carboxylic acids is 1. The van der Waals surface area contributed by atoms with Gasteiger partial charge in [-0.2, -0.15) is 13.2 Å². The molecular weight excluding hydrogens is 317 g/mol. The average molecular weight is 327 g/mol. The lowest BCUT2D eigenvalue weighted by atomic mass is 10.1. The monoisotopic (exact) mass is 326 g/mol. The third kappa shape index (κ3) is 3.28. The molecule has 1 unspecified atom stereocenters. The van der Waals surface area contributed by atoms with E-state index in [1.807, 2.05) is 0 Å². The van der Waals surface area contributed by atoms with E-state index in [1.165, 1.54) is 6.07 Å². The minimum absolute atomic E-state index is 0.0568. The second-order valence-corrected chi connectivity index (χ2v) is 4.39. The van der Waals surface area contributed by atoms with Gasteiger partial charge in [-0.15, -0.1) is 0 Å². The van der Waals surface area contributed by atoms with E-state index >= 15 is 0 Å². The number of hydrogen-bond acceptors (Lipinski definition) is 3. The topological polar surface area (TPSA) is 78.3 Å². The van der Waals surface area contributed by atoms with Gasteiger partial charge in [-0.25, -0.2) is 0 Å². The van der Waals surface area contributed by atoms with E-state index in [4.69, 9.17) is 16.2 Å². The molecule has 0 fully saturated rings. The van der Waals surface area contributed by atoms with Crippen LogP contribution in [-0.2, 0) is 0 Å². The van der Waals surface area contributed by atoms with Gasteiger partial charge >= 0.3 is 6.18 Å². The average Bonchev–Trinajstić information content (AvgIpc) is 2.19. The number of carbonyl (C=O) groups is 1. The first-order valence-electron chi connectivity index (χ1n) is 4.75. The van der Waals surface area contributed by atoms with Gasteiger partial charge in [-0.3, -0.25) is 4.79 Å². The number of rotatable bonds is 3. The molecule has 0 saturated carbocycles. The Morgan fingerprint density at radius 2 is 2.00 bits per heavy atom. The van der Waals surface area contributed by atoms with Crippen LogP contribution >= 0.6 is 15.9 Å². The van der Waals surface area contributed by atoms with Gasteiger partial charge < -0.3 is 16.2 Å². The Balaban J connectivity index is 3.10. The van der Waals surface area contributed by atoms with Crippen molar-refractivity contribution in [3.8, 4) is 5.75 Å². The minimum Gasteiger partial charge on any atom is -0.480 e. The number of primary amides is 1. The summed E-state index contributed by atoms with van der Waals surface area (Å²) in [4.78, 5) is 11.0. The number of hydrogen-bond donors (Lipinski definition) is 2. The van der Waals surface area contributed by atoms with Crippen LogP contribution in [0.4, 0.5) is 18.9 Å². The fourth-order valence-electron chi connectivity index (χ4n) is 1.13. The normalized spacial score (nSPS) is 13.2. The molecule has 1 amide bonds. The fraction of sp³-hybridized carbons (Fsp3) is 0.300. The number of nitrogens with two attached hydrogens (primary N) is 2. The Hall–Kier alpha value is -1.44. The summed E-state index contributed by atoms with van der Waals surface area (Å²) in [5.74, 6) is -0.993. The lowest BCUT2D eigenvalue weighted by Gasteiger charge is -2.19. The molecule has 4 nitrogen and oxygen atoms in total. The molecule has 0 aliphatic rings. The number of ether oxygens (including phenoxy) is 1. The van der Waals surface area contributed by atoms with E-state index in [9.17, 15) is 18.0 Å². The summed E-state index contributed by atoms with van der Waals surface area (Å²) in [5.41, 5.74) is 10.5. The number of benzene rings is 1. The maximum Gasteiger partial charge on any atom is 0.425 e. The summed E-state index contributed by atoms with van der Waals surface area (Å²) in [6, 6.07) is 2.34. The van der Waals surface area contributed by atoms with E-state index in [0.29, 0.717) is 0 Å². The zero-order valence-electron chi connectivity index (χ0n) is 9.22. The van der Waals surface area contributed by atoms with Crippen molar-refractivity contribution >= 4 is 27.5 Å².